The van der Waals surface area contributed by atoms with Crippen LogP contribution in [0.5, 0.6) is 0 Å². The normalized spacial score (nSPS) is 11.8. The van der Waals surface area contributed by atoms with Crippen molar-refractivity contribution in [1.29, 1.82) is 0 Å². The van der Waals surface area contributed by atoms with Gasteiger partial charge in [-0.05, 0) is 25.8 Å². The highest BCUT2D eigenvalue weighted by molar-refractivity contribution is 7.80. The highest BCUT2D eigenvalue weighted by atomic mass is 32.1. The average Bonchev–Trinajstić information content (AvgIpc) is 2.04. The molecule has 1 aromatic carbocycles. The Morgan fingerprint density at radius 1 is 1.46 bits per heavy atom. The number of rotatable bonds is 3. The van der Waals surface area contributed by atoms with E-state index in [1.165, 1.54) is 16.7 Å². The van der Waals surface area contributed by atoms with Crippen molar-refractivity contribution < 1.29 is 0 Å². The van der Waals surface area contributed by atoms with Crippen LogP contribution in [0.15, 0.2) is 35.9 Å². The third-order valence-corrected chi connectivity index (χ3v) is 2.19. The van der Waals surface area contributed by atoms with Gasteiger partial charge in [-0.1, -0.05) is 41.5 Å². The van der Waals surface area contributed by atoms with Gasteiger partial charge in [0, 0.05) is 5.75 Å². The van der Waals surface area contributed by atoms with E-state index in [0.29, 0.717) is 0 Å². The molecular formula is C12H16S. The Morgan fingerprint density at radius 2 is 2.23 bits per heavy atom. The van der Waals surface area contributed by atoms with E-state index >= 15 is 0 Å². The Hall–Kier alpha value is -0.690. The molecule has 13 heavy (non-hydrogen) atoms. The van der Waals surface area contributed by atoms with Crippen LogP contribution in [0.2, 0.25) is 0 Å². The second-order valence-corrected chi connectivity index (χ2v) is 3.76. The fraction of sp³-hybridized carbons (Fsp3) is 0.333. The van der Waals surface area contributed by atoms with Crippen molar-refractivity contribution in [1.82, 2.24) is 0 Å². The number of benzene rings is 1. The smallest absolute Gasteiger partial charge is 0.00852 e. The summed E-state index contributed by atoms with van der Waals surface area (Å²) in [6.45, 7) is 4.28. The molecule has 0 N–H and O–H groups in total. The molecule has 0 unspecified atom stereocenters. The Morgan fingerprint density at radius 3 is 2.85 bits per heavy atom. The lowest BCUT2D eigenvalue weighted by Gasteiger charge is -2.02. The van der Waals surface area contributed by atoms with Crippen molar-refractivity contribution in [3.05, 3.63) is 47.0 Å². The molecule has 0 atom stereocenters. The van der Waals surface area contributed by atoms with Crippen molar-refractivity contribution >= 4 is 12.6 Å². The zero-order valence-corrected chi connectivity index (χ0v) is 9.14. The summed E-state index contributed by atoms with van der Waals surface area (Å²) in [5.74, 6) is 0.831. The van der Waals surface area contributed by atoms with Crippen molar-refractivity contribution in [2.24, 2.45) is 0 Å². The van der Waals surface area contributed by atoms with Crippen LogP contribution in [-0.4, -0.2) is 5.75 Å². The molecule has 1 aromatic rings. The van der Waals surface area contributed by atoms with E-state index in [9.17, 15) is 0 Å². The minimum Gasteiger partial charge on any atom is -0.175 e. The van der Waals surface area contributed by atoms with Crippen LogP contribution in [0.25, 0.3) is 0 Å². The van der Waals surface area contributed by atoms with Gasteiger partial charge in [0.1, 0.15) is 0 Å². The third-order valence-electron chi connectivity index (χ3n) is 2.01. The molecule has 70 valence electrons. The number of hydrogen-bond donors (Lipinski definition) is 1. The van der Waals surface area contributed by atoms with Gasteiger partial charge in [-0.25, -0.2) is 0 Å². The minimum absolute atomic E-state index is 0.831. The van der Waals surface area contributed by atoms with Crippen molar-refractivity contribution in [2.45, 2.75) is 20.3 Å². The van der Waals surface area contributed by atoms with Crippen LogP contribution < -0.4 is 0 Å². The molecule has 0 aromatic heterocycles. The van der Waals surface area contributed by atoms with Gasteiger partial charge in [0.05, 0.1) is 0 Å². The molecule has 0 spiro atoms. The highest BCUT2D eigenvalue weighted by Gasteiger charge is 1.94. The standard InChI is InChI=1S/C12H16S/c1-10-4-3-5-12(8-10)9-11(2)6-7-13/h3-6,8,13H,7,9H2,1-2H3. The van der Waals surface area contributed by atoms with E-state index in [-0.39, 0.29) is 0 Å². The molecule has 0 nitrogen and oxygen atoms in total. The number of aryl methyl sites for hydroxylation is 1. The molecule has 0 aliphatic carbocycles. The van der Waals surface area contributed by atoms with Crippen molar-refractivity contribution in [3.8, 4) is 0 Å². The van der Waals surface area contributed by atoms with E-state index in [1.807, 2.05) is 0 Å². The Balaban J connectivity index is 2.69. The molecule has 1 rings (SSSR count). The van der Waals surface area contributed by atoms with Gasteiger partial charge in [0.2, 0.25) is 0 Å². The second kappa shape index (κ2) is 5.13. The Kier molecular flexibility index (Phi) is 4.10. The maximum Gasteiger partial charge on any atom is 0.00852 e. The van der Waals surface area contributed by atoms with Gasteiger partial charge < -0.3 is 0 Å². The minimum atomic E-state index is 0.831. The third kappa shape index (κ3) is 3.69. The maximum atomic E-state index is 4.17. The van der Waals surface area contributed by atoms with Crippen LogP contribution in [0, 0.1) is 6.92 Å². The molecule has 0 saturated heterocycles. The SMILES string of the molecule is CC(=CCS)Cc1cccc(C)c1. The van der Waals surface area contributed by atoms with Gasteiger partial charge in [-0.3, -0.25) is 0 Å². The molecule has 0 radical (unpaired) electrons. The Bertz CT molecular complexity index is 300. The second-order valence-electron chi connectivity index (χ2n) is 3.40. The molecule has 0 bridgehead atoms. The van der Waals surface area contributed by atoms with Crippen LogP contribution >= 0.6 is 12.6 Å². The summed E-state index contributed by atoms with van der Waals surface area (Å²) >= 11 is 4.17. The summed E-state index contributed by atoms with van der Waals surface area (Å²) in [4.78, 5) is 0. The molecule has 0 amide bonds. The van der Waals surface area contributed by atoms with Gasteiger partial charge >= 0.3 is 0 Å². The molecule has 1 heteroatoms. The zero-order chi connectivity index (χ0) is 9.68. The molecule has 0 fully saturated rings. The van der Waals surface area contributed by atoms with Crippen LogP contribution in [-0.2, 0) is 6.42 Å². The summed E-state index contributed by atoms with van der Waals surface area (Å²) in [6, 6.07) is 8.64. The predicted octanol–water partition coefficient (Wildman–Crippen LogP) is 3.41. The maximum absolute atomic E-state index is 4.17. The van der Waals surface area contributed by atoms with Gasteiger partial charge in [-0.2, -0.15) is 12.6 Å². The van der Waals surface area contributed by atoms with E-state index in [0.717, 1.165) is 12.2 Å². The highest BCUT2D eigenvalue weighted by Crippen LogP contribution is 2.09. The summed E-state index contributed by atoms with van der Waals surface area (Å²) in [6.07, 6.45) is 3.20. The van der Waals surface area contributed by atoms with Gasteiger partial charge in [0.15, 0.2) is 0 Å². The average molecular weight is 192 g/mol. The molecule has 0 heterocycles. The molecule has 0 saturated carbocycles. The van der Waals surface area contributed by atoms with Crippen molar-refractivity contribution in [3.63, 3.8) is 0 Å². The largest absolute Gasteiger partial charge is 0.175 e. The Labute approximate surface area is 86.1 Å². The lowest BCUT2D eigenvalue weighted by molar-refractivity contribution is 1.13. The molecular weight excluding hydrogens is 176 g/mol. The molecule has 0 aliphatic rings. The van der Waals surface area contributed by atoms with Gasteiger partial charge in [0.25, 0.3) is 0 Å². The predicted molar refractivity (Wildman–Crippen MR) is 62.5 cm³/mol. The quantitative estimate of drug-likeness (QED) is 0.550. The number of allylic oxidation sites excluding steroid dienone is 1. The molecule has 0 aliphatic heterocycles. The van der Waals surface area contributed by atoms with E-state index in [2.05, 4.69) is 56.8 Å². The zero-order valence-electron chi connectivity index (χ0n) is 8.25. The summed E-state index contributed by atoms with van der Waals surface area (Å²) in [5.41, 5.74) is 4.10. The van der Waals surface area contributed by atoms with E-state index < -0.39 is 0 Å². The number of hydrogen-bond acceptors (Lipinski definition) is 1. The lowest BCUT2D eigenvalue weighted by Crippen LogP contribution is -1.87. The topological polar surface area (TPSA) is 0 Å². The van der Waals surface area contributed by atoms with E-state index in [4.69, 9.17) is 0 Å². The fourth-order valence-corrected chi connectivity index (χ4v) is 1.68. The van der Waals surface area contributed by atoms with Gasteiger partial charge in [-0.15, -0.1) is 0 Å². The summed E-state index contributed by atoms with van der Waals surface area (Å²) in [7, 11) is 0. The van der Waals surface area contributed by atoms with Crippen molar-refractivity contribution in [2.75, 3.05) is 5.75 Å². The first-order valence-corrected chi connectivity index (χ1v) is 5.17. The first kappa shape index (κ1) is 10.4. The lowest BCUT2D eigenvalue weighted by atomic mass is 10.0. The van der Waals surface area contributed by atoms with Crippen LogP contribution in [0.1, 0.15) is 18.1 Å². The first-order valence-electron chi connectivity index (χ1n) is 4.54. The van der Waals surface area contributed by atoms with E-state index in [1.54, 1.807) is 0 Å². The fourth-order valence-electron chi connectivity index (χ4n) is 1.37. The number of thiol groups is 1. The summed E-state index contributed by atoms with van der Waals surface area (Å²) < 4.78 is 0. The summed E-state index contributed by atoms with van der Waals surface area (Å²) in [5, 5.41) is 0. The van der Waals surface area contributed by atoms with Crippen LogP contribution in [0.4, 0.5) is 0 Å². The monoisotopic (exact) mass is 192 g/mol. The van der Waals surface area contributed by atoms with Crippen LogP contribution in [0.3, 0.4) is 0 Å². The first-order chi connectivity index (χ1) is 6.22.